The van der Waals surface area contributed by atoms with Crippen molar-refractivity contribution in [2.45, 2.75) is 110 Å². The van der Waals surface area contributed by atoms with Gasteiger partial charge in [-0.1, -0.05) is 134 Å². The Balaban J connectivity index is 1.30. The summed E-state index contributed by atoms with van der Waals surface area (Å²) in [4.78, 5) is 0. The van der Waals surface area contributed by atoms with Crippen LogP contribution in [0.3, 0.4) is 0 Å². The van der Waals surface area contributed by atoms with E-state index in [0.717, 1.165) is 25.8 Å². The number of aryl methyl sites for hydroxylation is 1. The molecule has 298 valence electrons. The molecule has 1 aliphatic rings. The Labute approximate surface area is 354 Å². The third-order valence-electron chi connectivity index (χ3n) is 13.3. The summed E-state index contributed by atoms with van der Waals surface area (Å²) in [7, 11) is 0. The predicted octanol–water partition coefficient (Wildman–Crippen LogP) is 14.2. The molecule has 0 spiro atoms. The van der Waals surface area contributed by atoms with Gasteiger partial charge in [0.2, 0.25) is 11.4 Å². The topological polar surface area (TPSA) is 7.76 Å². The smallest absolute Gasteiger partial charge is 0.198 e. The maximum atomic E-state index is 2.63. The highest BCUT2D eigenvalue weighted by Gasteiger charge is 2.45. The summed E-state index contributed by atoms with van der Waals surface area (Å²) in [6.07, 6.45) is 7.84. The van der Waals surface area contributed by atoms with Crippen molar-refractivity contribution in [1.29, 1.82) is 0 Å². The van der Waals surface area contributed by atoms with Crippen molar-refractivity contribution in [3.8, 4) is 55.9 Å². The Kier molecular flexibility index (Phi) is 10.8. The Morgan fingerprint density at radius 2 is 1.02 bits per heavy atom. The molecule has 0 saturated carbocycles. The summed E-state index contributed by atoms with van der Waals surface area (Å²) in [5.74, 6) is 0.304. The minimum atomic E-state index is -0.00979. The number of rotatable bonds is 8. The molecule has 0 radical (unpaired) electrons. The van der Waals surface area contributed by atoms with Crippen LogP contribution in [-0.4, -0.2) is 0 Å². The zero-order valence-corrected chi connectivity index (χ0v) is 36.8. The molecule has 2 aromatic heterocycles. The van der Waals surface area contributed by atoms with Crippen LogP contribution in [0.25, 0.3) is 55.9 Å². The molecule has 2 nitrogen and oxygen atoms in total. The first-order chi connectivity index (χ1) is 28.3. The zero-order chi connectivity index (χ0) is 41.5. The number of nitrogens with zero attached hydrogens (tertiary/aromatic N) is 2. The summed E-state index contributed by atoms with van der Waals surface area (Å²) in [6, 6.07) is 55.3. The standard InChI is InChI=1S/C57H62N2/c1-10-57(11-2)38-47(39-58-32-16-14-20-53(58)50-19-13-12-18-40(50)3)51-31-26-43(37-52(51)54-21-15-17-33-59(54)57)46-35-44(41-22-27-48(28-23-41)55(4,5)6)34-45(36-46)42-24-29-49(30-25-42)56(7,8)9/h12-37,47H,10-11,38-39H2,1-9H3/q+2. The van der Waals surface area contributed by atoms with Crippen LogP contribution in [-0.2, 0) is 22.9 Å². The van der Waals surface area contributed by atoms with Gasteiger partial charge in [0.25, 0.3) is 0 Å². The van der Waals surface area contributed by atoms with E-state index in [9.17, 15) is 0 Å². The maximum absolute atomic E-state index is 2.63. The normalized spacial score (nSPS) is 15.0. The van der Waals surface area contributed by atoms with Gasteiger partial charge in [-0.05, 0) is 116 Å². The highest BCUT2D eigenvalue weighted by Crippen LogP contribution is 2.44. The molecule has 5 aromatic carbocycles. The summed E-state index contributed by atoms with van der Waals surface area (Å²) < 4.78 is 5.13. The lowest BCUT2D eigenvalue weighted by atomic mass is 9.79. The van der Waals surface area contributed by atoms with Crippen LogP contribution in [0, 0.1) is 6.92 Å². The third kappa shape index (κ3) is 7.95. The lowest BCUT2D eigenvalue weighted by molar-refractivity contribution is -0.759. The van der Waals surface area contributed by atoms with E-state index in [-0.39, 0.29) is 16.4 Å². The number of hydrogen-bond acceptors (Lipinski definition) is 0. The van der Waals surface area contributed by atoms with Crippen molar-refractivity contribution in [3.63, 3.8) is 0 Å². The fourth-order valence-electron chi connectivity index (χ4n) is 9.53. The molecule has 2 heteroatoms. The minimum Gasteiger partial charge on any atom is -0.198 e. The van der Waals surface area contributed by atoms with Gasteiger partial charge in [-0.25, -0.2) is 0 Å². The summed E-state index contributed by atoms with van der Waals surface area (Å²) in [5, 5.41) is 0. The van der Waals surface area contributed by atoms with Crippen LogP contribution in [0.15, 0.2) is 158 Å². The van der Waals surface area contributed by atoms with Gasteiger partial charge in [-0.2, -0.15) is 9.13 Å². The lowest BCUT2D eigenvalue weighted by Gasteiger charge is -2.28. The highest BCUT2D eigenvalue weighted by atomic mass is 15.1. The molecule has 1 unspecified atom stereocenters. The van der Waals surface area contributed by atoms with Crippen LogP contribution in [0.4, 0.5) is 0 Å². The van der Waals surface area contributed by atoms with E-state index in [1.165, 1.54) is 78.1 Å². The predicted molar refractivity (Wildman–Crippen MR) is 249 cm³/mol. The van der Waals surface area contributed by atoms with Gasteiger partial charge in [-0.3, -0.25) is 0 Å². The van der Waals surface area contributed by atoms with Crippen LogP contribution >= 0.6 is 0 Å². The molecule has 0 N–H and O–H groups in total. The van der Waals surface area contributed by atoms with E-state index in [0.29, 0.717) is 5.92 Å². The molecule has 8 rings (SSSR count). The molecule has 0 fully saturated rings. The van der Waals surface area contributed by atoms with Crippen LogP contribution in [0.1, 0.15) is 103 Å². The molecule has 0 bridgehead atoms. The van der Waals surface area contributed by atoms with E-state index in [1.54, 1.807) is 0 Å². The van der Waals surface area contributed by atoms with Crippen LogP contribution in [0.5, 0.6) is 0 Å². The molecular formula is C57H62N2+2. The van der Waals surface area contributed by atoms with Gasteiger partial charge < -0.3 is 0 Å². The van der Waals surface area contributed by atoms with Crippen molar-refractivity contribution in [2.24, 2.45) is 0 Å². The van der Waals surface area contributed by atoms with Crippen LogP contribution < -0.4 is 9.13 Å². The number of fused-ring (bicyclic) bond motifs is 3. The average Bonchev–Trinajstić information content (AvgIpc) is 3.36. The van der Waals surface area contributed by atoms with Gasteiger partial charge in [0.15, 0.2) is 24.5 Å². The Bertz CT molecular complexity index is 2520. The molecule has 0 saturated heterocycles. The van der Waals surface area contributed by atoms with Gasteiger partial charge in [0.1, 0.15) is 0 Å². The van der Waals surface area contributed by atoms with Crippen molar-refractivity contribution in [1.82, 2.24) is 0 Å². The van der Waals surface area contributed by atoms with E-state index in [1.807, 2.05) is 0 Å². The zero-order valence-electron chi connectivity index (χ0n) is 36.8. The Hall–Kier alpha value is -5.60. The van der Waals surface area contributed by atoms with E-state index in [2.05, 4.69) is 229 Å². The molecule has 7 aromatic rings. The van der Waals surface area contributed by atoms with Gasteiger partial charge in [0.05, 0.1) is 11.5 Å². The lowest BCUT2D eigenvalue weighted by Crippen LogP contribution is -2.57. The monoisotopic (exact) mass is 774 g/mol. The Morgan fingerprint density at radius 3 is 1.58 bits per heavy atom. The SMILES string of the molecule is CCC1(CC)CC(C[n+]2ccccc2-c2ccccc2C)c2ccc(-c3cc(-c4ccc(C(C)(C)C)cc4)cc(-c4ccc(C(C)(C)C)cc4)c3)cc2-c2cccc[n+]21. The van der Waals surface area contributed by atoms with Crippen molar-refractivity contribution < 1.29 is 9.13 Å². The molecule has 3 heterocycles. The summed E-state index contributed by atoms with van der Waals surface area (Å²) in [6.45, 7) is 21.6. The molecular weight excluding hydrogens is 713 g/mol. The van der Waals surface area contributed by atoms with E-state index >= 15 is 0 Å². The first kappa shape index (κ1) is 40.2. The second kappa shape index (κ2) is 15.9. The quantitative estimate of drug-likeness (QED) is 0.136. The molecule has 0 amide bonds. The summed E-state index contributed by atoms with van der Waals surface area (Å²) in [5.41, 5.74) is 18.3. The van der Waals surface area contributed by atoms with E-state index < -0.39 is 0 Å². The van der Waals surface area contributed by atoms with Crippen LogP contribution in [0.2, 0.25) is 0 Å². The number of pyridine rings is 2. The summed E-state index contributed by atoms with van der Waals surface area (Å²) >= 11 is 0. The Morgan fingerprint density at radius 1 is 0.508 bits per heavy atom. The second-order valence-corrected chi connectivity index (χ2v) is 19.1. The number of benzene rings is 5. The van der Waals surface area contributed by atoms with Gasteiger partial charge in [-0.15, -0.1) is 0 Å². The van der Waals surface area contributed by atoms with Gasteiger partial charge in [0, 0.05) is 49.1 Å². The molecule has 59 heavy (non-hydrogen) atoms. The first-order valence-corrected chi connectivity index (χ1v) is 21.9. The van der Waals surface area contributed by atoms with Gasteiger partial charge >= 0.3 is 0 Å². The number of aromatic nitrogens is 2. The third-order valence-corrected chi connectivity index (χ3v) is 13.3. The fraction of sp³-hybridized carbons (Fsp3) is 0.298. The second-order valence-electron chi connectivity index (χ2n) is 19.1. The largest absolute Gasteiger partial charge is 0.213 e. The fourth-order valence-corrected chi connectivity index (χ4v) is 9.53. The van der Waals surface area contributed by atoms with Crippen molar-refractivity contribution in [3.05, 3.63) is 180 Å². The maximum Gasteiger partial charge on any atom is 0.213 e. The molecule has 1 atom stereocenters. The van der Waals surface area contributed by atoms with Crippen molar-refractivity contribution in [2.75, 3.05) is 0 Å². The first-order valence-electron chi connectivity index (χ1n) is 21.9. The van der Waals surface area contributed by atoms with Crippen molar-refractivity contribution >= 4 is 0 Å². The molecule has 1 aliphatic heterocycles. The minimum absolute atomic E-state index is 0.00979. The number of hydrogen-bond donors (Lipinski definition) is 0. The van der Waals surface area contributed by atoms with E-state index in [4.69, 9.17) is 0 Å². The average molecular weight is 775 g/mol. The highest BCUT2D eigenvalue weighted by molar-refractivity contribution is 5.83. The molecule has 0 aliphatic carbocycles.